The van der Waals surface area contributed by atoms with Crippen LogP contribution < -0.4 is 0 Å². The van der Waals surface area contributed by atoms with Crippen molar-refractivity contribution >= 4 is 27.5 Å². The number of aromatic nitrogens is 1. The summed E-state index contributed by atoms with van der Waals surface area (Å²) in [5.74, 6) is 0.334. The van der Waals surface area contributed by atoms with Gasteiger partial charge in [-0.05, 0) is 37.8 Å². The number of piperazine rings is 1. The van der Waals surface area contributed by atoms with Crippen molar-refractivity contribution in [1.29, 1.82) is 0 Å². The molecule has 2 aromatic rings. The molecule has 27 heavy (non-hydrogen) atoms. The van der Waals surface area contributed by atoms with Gasteiger partial charge in [0.25, 0.3) is 0 Å². The average molecular weight is 387 g/mol. The predicted octanol–water partition coefficient (Wildman–Crippen LogP) is 3.21. The molecule has 0 aliphatic carbocycles. The average Bonchev–Trinajstić information content (AvgIpc) is 3.11. The second-order valence-corrected chi connectivity index (χ2v) is 8.89. The highest BCUT2D eigenvalue weighted by atomic mass is 32.1. The molecule has 146 valence electrons. The number of likely N-dealkylation sites (tertiary alicyclic amines) is 1. The minimum Gasteiger partial charge on any atom is -0.339 e. The minimum atomic E-state index is 0.334. The van der Waals surface area contributed by atoms with Crippen molar-refractivity contribution in [1.82, 2.24) is 19.7 Å². The number of carbonyl (C=O) groups excluding carboxylic acids is 1. The molecule has 1 aromatic heterocycles. The zero-order chi connectivity index (χ0) is 18.6. The highest BCUT2D eigenvalue weighted by Crippen LogP contribution is 2.23. The van der Waals surface area contributed by atoms with Crippen LogP contribution >= 0.6 is 11.3 Å². The van der Waals surface area contributed by atoms with Crippen molar-refractivity contribution in [2.45, 2.75) is 45.2 Å². The normalized spacial score (nSPS) is 22.4. The van der Waals surface area contributed by atoms with Crippen LogP contribution in [0.4, 0.5) is 0 Å². The Morgan fingerprint density at radius 2 is 1.89 bits per heavy atom. The number of thiazole rings is 1. The van der Waals surface area contributed by atoms with Gasteiger partial charge in [0.05, 0.1) is 23.3 Å². The van der Waals surface area contributed by atoms with Crippen molar-refractivity contribution in [3.05, 3.63) is 29.3 Å². The van der Waals surface area contributed by atoms with Gasteiger partial charge in [0.15, 0.2) is 0 Å². The summed E-state index contributed by atoms with van der Waals surface area (Å²) in [6.45, 7) is 8.64. The van der Waals surface area contributed by atoms with Crippen LogP contribution in [0.15, 0.2) is 24.3 Å². The quantitative estimate of drug-likeness (QED) is 0.791. The summed E-state index contributed by atoms with van der Waals surface area (Å²) in [5.41, 5.74) is 1.11. The Balaban J connectivity index is 1.26. The summed E-state index contributed by atoms with van der Waals surface area (Å²) in [4.78, 5) is 24.5. The number of rotatable bonds is 5. The number of nitrogens with zero attached hydrogens (tertiary/aromatic N) is 4. The molecule has 4 rings (SSSR count). The van der Waals surface area contributed by atoms with Crippen molar-refractivity contribution in [3.63, 3.8) is 0 Å². The van der Waals surface area contributed by atoms with Crippen molar-refractivity contribution in [2.24, 2.45) is 0 Å². The van der Waals surface area contributed by atoms with Gasteiger partial charge in [-0.15, -0.1) is 11.3 Å². The number of benzene rings is 1. The van der Waals surface area contributed by atoms with Gasteiger partial charge in [-0.25, -0.2) is 4.98 Å². The molecular weight excluding hydrogens is 356 g/mol. The lowest BCUT2D eigenvalue weighted by Gasteiger charge is -2.38. The maximum absolute atomic E-state index is 12.8. The minimum absolute atomic E-state index is 0.334. The first-order valence-corrected chi connectivity index (χ1v) is 11.1. The van der Waals surface area contributed by atoms with Gasteiger partial charge in [-0.2, -0.15) is 0 Å². The standard InChI is InChI=1S/C21H30N4OS/c1-2-17-7-5-6-10-25(17)21(26)16-24-13-11-23(12-14-24)15-20-22-18-8-3-4-9-19(18)27-20/h3-4,8-9,17H,2,5-7,10-16H2,1H3. The lowest BCUT2D eigenvalue weighted by atomic mass is 10.00. The number of amides is 1. The van der Waals surface area contributed by atoms with Gasteiger partial charge in [0.1, 0.15) is 5.01 Å². The third-order valence-corrected chi connectivity index (χ3v) is 6.96. The fourth-order valence-electron chi connectivity index (χ4n) is 4.32. The fourth-order valence-corrected chi connectivity index (χ4v) is 5.33. The molecule has 5 nitrogen and oxygen atoms in total. The summed E-state index contributed by atoms with van der Waals surface area (Å²) in [7, 11) is 0. The van der Waals surface area contributed by atoms with Crippen LogP contribution in [-0.4, -0.2) is 70.9 Å². The number of carbonyl (C=O) groups is 1. The van der Waals surface area contributed by atoms with Gasteiger partial charge in [-0.3, -0.25) is 14.6 Å². The molecule has 0 spiro atoms. The topological polar surface area (TPSA) is 39.7 Å². The molecule has 2 aliphatic rings. The first-order chi connectivity index (χ1) is 13.2. The number of hydrogen-bond acceptors (Lipinski definition) is 5. The monoisotopic (exact) mass is 386 g/mol. The summed E-state index contributed by atoms with van der Waals surface area (Å²) in [5, 5.41) is 1.19. The predicted molar refractivity (Wildman–Crippen MR) is 111 cm³/mol. The number of fused-ring (bicyclic) bond motifs is 1. The second kappa shape index (κ2) is 8.67. The van der Waals surface area contributed by atoms with Gasteiger partial charge < -0.3 is 4.90 Å². The van der Waals surface area contributed by atoms with E-state index < -0.39 is 0 Å². The van der Waals surface area contributed by atoms with Crippen LogP contribution in [0.5, 0.6) is 0 Å². The van der Waals surface area contributed by atoms with E-state index in [1.54, 1.807) is 11.3 Å². The molecule has 2 fully saturated rings. The third-order valence-electron chi connectivity index (χ3n) is 5.94. The Hall–Kier alpha value is -1.50. The molecule has 0 radical (unpaired) electrons. The Morgan fingerprint density at radius 3 is 2.67 bits per heavy atom. The highest BCUT2D eigenvalue weighted by molar-refractivity contribution is 7.18. The molecule has 0 N–H and O–H groups in total. The van der Waals surface area contributed by atoms with Gasteiger partial charge in [0, 0.05) is 38.8 Å². The van der Waals surface area contributed by atoms with Gasteiger partial charge >= 0.3 is 0 Å². The molecular formula is C21H30N4OS. The molecule has 3 heterocycles. The van der Waals surface area contributed by atoms with E-state index in [2.05, 4.69) is 39.8 Å². The summed E-state index contributed by atoms with van der Waals surface area (Å²) in [6.07, 6.45) is 4.70. The summed E-state index contributed by atoms with van der Waals surface area (Å²) < 4.78 is 1.27. The lowest BCUT2D eigenvalue weighted by molar-refractivity contribution is -0.136. The number of piperidine rings is 1. The third kappa shape index (κ3) is 4.50. The van der Waals surface area contributed by atoms with E-state index in [-0.39, 0.29) is 0 Å². The van der Waals surface area contributed by atoms with E-state index in [1.807, 2.05) is 6.07 Å². The maximum atomic E-state index is 12.8. The Labute approximate surface area is 166 Å². The maximum Gasteiger partial charge on any atom is 0.236 e. The Kier molecular flexibility index (Phi) is 6.05. The molecule has 0 bridgehead atoms. The smallest absolute Gasteiger partial charge is 0.236 e. The van der Waals surface area contributed by atoms with Gasteiger partial charge in [0.2, 0.25) is 5.91 Å². The van der Waals surface area contributed by atoms with Crippen LogP contribution in [0.25, 0.3) is 10.2 Å². The lowest BCUT2D eigenvalue weighted by Crippen LogP contribution is -2.52. The van der Waals surface area contributed by atoms with Crippen LogP contribution in [-0.2, 0) is 11.3 Å². The molecule has 2 aliphatic heterocycles. The molecule has 1 unspecified atom stereocenters. The fraction of sp³-hybridized carbons (Fsp3) is 0.619. The molecule has 1 atom stereocenters. The molecule has 1 aromatic carbocycles. The molecule has 6 heteroatoms. The Morgan fingerprint density at radius 1 is 1.11 bits per heavy atom. The van der Waals surface area contributed by atoms with E-state index in [4.69, 9.17) is 4.98 Å². The number of para-hydroxylation sites is 1. The van der Waals surface area contributed by atoms with Gasteiger partial charge in [-0.1, -0.05) is 19.1 Å². The summed E-state index contributed by atoms with van der Waals surface area (Å²) >= 11 is 1.80. The molecule has 0 saturated carbocycles. The largest absolute Gasteiger partial charge is 0.339 e. The first kappa shape index (κ1) is 18.8. The van der Waals surface area contributed by atoms with Crippen LogP contribution in [0.3, 0.4) is 0 Å². The summed E-state index contributed by atoms with van der Waals surface area (Å²) in [6, 6.07) is 8.82. The van der Waals surface area contributed by atoms with Crippen molar-refractivity contribution in [3.8, 4) is 0 Å². The van der Waals surface area contributed by atoms with Crippen molar-refractivity contribution in [2.75, 3.05) is 39.3 Å². The van der Waals surface area contributed by atoms with E-state index in [1.165, 1.54) is 22.5 Å². The molecule has 1 amide bonds. The highest BCUT2D eigenvalue weighted by Gasteiger charge is 2.27. The van der Waals surface area contributed by atoms with E-state index in [0.29, 0.717) is 18.5 Å². The SMILES string of the molecule is CCC1CCCCN1C(=O)CN1CCN(Cc2nc3ccccc3s2)CC1. The van der Waals surface area contributed by atoms with Crippen LogP contribution in [0.2, 0.25) is 0 Å². The first-order valence-electron chi connectivity index (χ1n) is 10.3. The van der Waals surface area contributed by atoms with E-state index in [9.17, 15) is 4.79 Å². The van der Waals surface area contributed by atoms with Crippen molar-refractivity contribution < 1.29 is 4.79 Å². The van der Waals surface area contributed by atoms with E-state index >= 15 is 0 Å². The Bertz CT molecular complexity index is 735. The molecule has 2 saturated heterocycles. The zero-order valence-electron chi connectivity index (χ0n) is 16.3. The zero-order valence-corrected chi connectivity index (χ0v) is 17.1. The van der Waals surface area contributed by atoms with Crippen LogP contribution in [0.1, 0.15) is 37.6 Å². The number of hydrogen-bond donors (Lipinski definition) is 0. The van der Waals surface area contributed by atoms with Crippen LogP contribution in [0, 0.1) is 0 Å². The second-order valence-electron chi connectivity index (χ2n) is 7.77. The van der Waals surface area contributed by atoms with E-state index in [0.717, 1.165) is 57.6 Å².